The minimum atomic E-state index is -0.589. The van der Waals surface area contributed by atoms with Gasteiger partial charge in [-0.15, -0.1) is 0 Å². The molecular formula is C11H19NO2S. The molecule has 1 N–H and O–H groups in total. The van der Waals surface area contributed by atoms with Gasteiger partial charge < -0.3 is 10.0 Å². The smallest absolute Gasteiger partial charge is 0.308 e. The van der Waals surface area contributed by atoms with Gasteiger partial charge in [-0.2, -0.15) is 11.8 Å². The predicted molar refractivity (Wildman–Crippen MR) is 62.2 cm³/mol. The molecule has 0 saturated carbocycles. The van der Waals surface area contributed by atoms with Crippen LogP contribution in [-0.2, 0) is 4.79 Å². The third-order valence-corrected chi connectivity index (χ3v) is 4.69. The summed E-state index contributed by atoms with van der Waals surface area (Å²) in [5.41, 5.74) is 0. The highest BCUT2D eigenvalue weighted by atomic mass is 32.2. The van der Waals surface area contributed by atoms with Gasteiger partial charge in [-0.25, -0.2) is 0 Å². The Bertz CT molecular complexity index is 223. The maximum Gasteiger partial charge on any atom is 0.308 e. The highest BCUT2D eigenvalue weighted by molar-refractivity contribution is 7.99. The Balaban J connectivity index is 1.89. The second kappa shape index (κ2) is 5.21. The van der Waals surface area contributed by atoms with Crippen molar-refractivity contribution in [2.45, 2.75) is 19.3 Å². The van der Waals surface area contributed by atoms with E-state index in [-0.39, 0.29) is 5.92 Å². The zero-order valence-corrected chi connectivity index (χ0v) is 9.84. The Hall–Kier alpha value is -0.220. The fourth-order valence-corrected chi connectivity index (χ4v) is 3.88. The van der Waals surface area contributed by atoms with Crippen LogP contribution in [0.1, 0.15) is 19.3 Å². The fourth-order valence-electron chi connectivity index (χ4n) is 2.54. The molecule has 0 spiro atoms. The first-order chi connectivity index (χ1) is 7.27. The second-order valence-electron chi connectivity index (χ2n) is 4.58. The average molecular weight is 229 g/mol. The van der Waals surface area contributed by atoms with E-state index >= 15 is 0 Å². The first-order valence-electron chi connectivity index (χ1n) is 5.80. The van der Waals surface area contributed by atoms with E-state index in [0.29, 0.717) is 5.92 Å². The van der Waals surface area contributed by atoms with Gasteiger partial charge in [-0.1, -0.05) is 0 Å². The highest BCUT2D eigenvalue weighted by Gasteiger charge is 2.32. The third-order valence-electron chi connectivity index (χ3n) is 3.50. The van der Waals surface area contributed by atoms with Crippen molar-refractivity contribution in [1.82, 2.24) is 4.90 Å². The van der Waals surface area contributed by atoms with Gasteiger partial charge in [0.2, 0.25) is 0 Å². The largest absolute Gasteiger partial charge is 0.481 e. The lowest BCUT2D eigenvalue weighted by molar-refractivity contribution is -0.144. The second-order valence-corrected chi connectivity index (χ2v) is 5.73. The van der Waals surface area contributed by atoms with Crippen LogP contribution in [0.25, 0.3) is 0 Å². The van der Waals surface area contributed by atoms with Crippen LogP contribution in [0.3, 0.4) is 0 Å². The predicted octanol–water partition coefficient (Wildman–Crippen LogP) is 1.54. The summed E-state index contributed by atoms with van der Waals surface area (Å²) in [6, 6.07) is 0. The summed E-state index contributed by atoms with van der Waals surface area (Å²) in [6.45, 7) is 2.98. The molecular weight excluding hydrogens is 210 g/mol. The van der Waals surface area contributed by atoms with Gasteiger partial charge >= 0.3 is 5.97 Å². The standard InChI is InChI=1S/C11H19NO2S/c13-11(14)10(9-3-6-15-8-9)7-12-4-1-2-5-12/h9-10H,1-8H2,(H,13,14). The Kier molecular flexibility index (Phi) is 3.92. The molecule has 0 aliphatic carbocycles. The molecule has 0 aromatic heterocycles. The summed E-state index contributed by atoms with van der Waals surface area (Å²) >= 11 is 1.90. The SMILES string of the molecule is O=C(O)C(CN1CCCC1)C1CCSC1. The van der Waals surface area contributed by atoms with Crippen LogP contribution >= 0.6 is 11.8 Å². The van der Waals surface area contributed by atoms with Crippen molar-refractivity contribution in [1.29, 1.82) is 0 Å². The number of aliphatic carboxylic acids is 1. The molecule has 15 heavy (non-hydrogen) atoms. The average Bonchev–Trinajstić information content (AvgIpc) is 2.87. The van der Waals surface area contributed by atoms with Crippen LogP contribution in [-0.4, -0.2) is 47.1 Å². The topological polar surface area (TPSA) is 40.5 Å². The van der Waals surface area contributed by atoms with E-state index in [1.54, 1.807) is 0 Å². The van der Waals surface area contributed by atoms with Gasteiger partial charge in [0.1, 0.15) is 0 Å². The van der Waals surface area contributed by atoms with Crippen molar-refractivity contribution in [3.05, 3.63) is 0 Å². The molecule has 2 atom stereocenters. The summed E-state index contributed by atoms with van der Waals surface area (Å²) in [4.78, 5) is 13.6. The van der Waals surface area contributed by atoms with Crippen molar-refractivity contribution < 1.29 is 9.90 Å². The molecule has 2 saturated heterocycles. The summed E-state index contributed by atoms with van der Waals surface area (Å²) in [5.74, 6) is 1.89. The molecule has 86 valence electrons. The first kappa shape index (κ1) is 11.3. The zero-order valence-electron chi connectivity index (χ0n) is 9.02. The Morgan fingerprint density at radius 3 is 2.73 bits per heavy atom. The van der Waals surface area contributed by atoms with E-state index in [1.807, 2.05) is 11.8 Å². The molecule has 2 fully saturated rings. The van der Waals surface area contributed by atoms with Gasteiger partial charge in [-0.3, -0.25) is 4.79 Å². The van der Waals surface area contributed by atoms with E-state index in [4.69, 9.17) is 0 Å². The number of likely N-dealkylation sites (tertiary alicyclic amines) is 1. The molecule has 0 aromatic carbocycles. The van der Waals surface area contributed by atoms with E-state index in [1.165, 1.54) is 12.8 Å². The molecule has 0 aromatic rings. The summed E-state index contributed by atoms with van der Waals surface area (Å²) < 4.78 is 0. The maximum atomic E-state index is 11.2. The van der Waals surface area contributed by atoms with Gasteiger partial charge in [0.05, 0.1) is 5.92 Å². The number of carbonyl (C=O) groups is 1. The molecule has 3 nitrogen and oxygen atoms in total. The lowest BCUT2D eigenvalue weighted by Crippen LogP contribution is -2.35. The van der Waals surface area contributed by atoms with E-state index in [2.05, 4.69) is 4.90 Å². The molecule has 2 rings (SSSR count). The van der Waals surface area contributed by atoms with Crippen LogP contribution in [0.15, 0.2) is 0 Å². The van der Waals surface area contributed by atoms with E-state index in [0.717, 1.165) is 37.6 Å². The van der Waals surface area contributed by atoms with Crippen LogP contribution in [0.2, 0.25) is 0 Å². The van der Waals surface area contributed by atoms with Crippen molar-refractivity contribution in [3.8, 4) is 0 Å². The minimum absolute atomic E-state index is 0.127. The van der Waals surface area contributed by atoms with Crippen molar-refractivity contribution in [2.75, 3.05) is 31.1 Å². The van der Waals surface area contributed by atoms with Crippen molar-refractivity contribution in [3.63, 3.8) is 0 Å². The van der Waals surface area contributed by atoms with Gasteiger partial charge in [-0.05, 0) is 49.8 Å². The van der Waals surface area contributed by atoms with Crippen LogP contribution < -0.4 is 0 Å². The van der Waals surface area contributed by atoms with Crippen LogP contribution in [0, 0.1) is 11.8 Å². The molecule has 2 aliphatic rings. The van der Waals surface area contributed by atoms with E-state index < -0.39 is 5.97 Å². The molecule has 0 amide bonds. The number of hydrogen-bond donors (Lipinski definition) is 1. The minimum Gasteiger partial charge on any atom is -0.481 e. The van der Waals surface area contributed by atoms with Gasteiger partial charge in [0.25, 0.3) is 0 Å². The molecule has 2 aliphatic heterocycles. The number of rotatable bonds is 4. The monoisotopic (exact) mass is 229 g/mol. The third kappa shape index (κ3) is 2.88. The molecule has 0 bridgehead atoms. The zero-order chi connectivity index (χ0) is 10.7. The Labute approximate surface area is 95.2 Å². The first-order valence-corrected chi connectivity index (χ1v) is 6.96. The normalized spacial score (nSPS) is 29.5. The maximum absolute atomic E-state index is 11.2. The van der Waals surface area contributed by atoms with E-state index in [9.17, 15) is 9.90 Å². The van der Waals surface area contributed by atoms with Gasteiger partial charge in [0.15, 0.2) is 0 Å². The number of carboxylic acids is 1. The number of carboxylic acid groups (broad SMARTS) is 1. The molecule has 4 heteroatoms. The molecule has 0 radical (unpaired) electrons. The van der Waals surface area contributed by atoms with Crippen LogP contribution in [0.5, 0.6) is 0 Å². The summed E-state index contributed by atoms with van der Waals surface area (Å²) in [6.07, 6.45) is 3.58. The van der Waals surface area contributed by atoms with Gasteiger partial charge in [0, 0.05) is 6.54 Å². The lowest BCUT2D eigenvalue weighted by Gasteiger charge is -2.24. The summed E-state index contributed by atoms with van der Waals surface area (Å²) in [7, 11) is 0. The number of nitrogens with zero attached hydrogens (tertiary/aromatic N) is 1. The molecule has 2 unspecified atom stereocenters. The summed E-state index contributed by atoms with van der Waals surface area (Å²) in [5, 5.41) is 9.26. The van der Waals surface area contributed by atoms with Crippen molar-refractivity contribution >= 4 is 17.7 Å². The number of hydrogen-bond acceptors (Lipinski definition) is 3. The lowest BCUT2D eigenvalue weighted by atomic mass is 9.91. The molecule has 2 heterocycles. The Morgan fingerprint density at radius 2 is 2.20 bits per heavy atom. The fraction of sp³-hybridized carbons (Fsp3) is 0.909. The number of thioether (sulfide) groups is 1. The van der Waals surface area contributed by atoms with Crippen LogP contribution in [0.4, 0.5) is 0 Å². The highest BCUT2D eigenvalue weighted by Crippen LogP contribution is 2.31. The Morgan fingerprint density at radius 1 is 1.47 bits per heavy atom. The quantitative estimate of drug-likeness (QED) is 0.794. The van der Waals surface area contributed by atoms with Crippen molar-refractivity contribution in [2.24, 2.45) is 11.8 Å².